The highest BCUT2D eigenvalue weighted by Gasteiger charge is 2.17. The molecule has 2 rings (SSSR count). The maximum atomic E-state index is 13.6. The van der Waals surface area contributed by atoms with E-state index in [1.165, 1.54) is 6.07 Å². The first kappa shape index (κ1) is 14.8. The molecule has 0 radical (unpaired) electrons. The lowest BCUT2D eigenvalue weighted by atomic mass is 10.1. The Morgan fingerprint density at radius 1 is 1.30 bits per heavy atom. The van der Waals surface area contributed by atoms with Crippen LogP contribution in [-0.2, 0) is 6.42 Å². The Bertz CT molecular complexity index is 636. The lowest BCUT2D eigenvalue weighted by Gasteiger charge is -2.12. The van der Waals surface area contributed by atoms with Crippen LogP contribution in [0.25, 0.3) is 11.4 Å². The maximum absolute atomic E-state index is 13.6. The van der Waals surface area contributed by atoms with Gasteiger partial charge in [0.1, 0.15) is 5.82 Å². The number of nitrogens with one attached hydrogen (secondary N) is 1. The Morgan fingerprint density at radius 2 is 2.00 bits per heavy atom. The van der Waals surface area contributed by atoms with E-state index >= 15 is 0 Å². The van der Waals surface area contributed by atoms with Gasteiger partial charge in [-0.05, 0) is 41.4 Å². The van der Waals surface area contributed by atoms with Gasteiger partial charge in [-0.15, -0.1) is 0 Å². The van der Waals surface area contributed by atoms with E-state index in [0.29, 0.717) is 17.8 Å². The van der Waals surface area contributed by atoms with Crippen LogP contribution < -0.4 is 11.3 Å². The number of rotatable bonds is 3. The van der Waals surface area contributed by atoms with Gasteiger partial charge in [0.15, 0.2) is 17.5 Å². The second-order valence-corrected chi connectivity index (χ2v) is 4.98. The van der Waals surface area contributed by atoms with Crippen molar-refractivity contribution < 1.29 is 8.78 Å². The van der Waals surface area contributed by atoms with E-state index in [2.05, 4.69) is 31.3 Å². The number of hydrogen-bond donors (Lipinski definition) is 2. The number of aryl methyl sites for hydroxylation is 1. The smallest absolute Gasteiger partial charge is 0.173 e. The van der Waals surface area contributed by atoms with Crippen LogP contribution in [0.5, 0.6) is 0 Å². The molecule has 1 heterocycles. The third-order valence-electron chi connectivity index (χ3n) is 2.99. The molecule has 106 valence electrons. The van der Waals surface area contributed by atoms with E-state index in [4.69, 9.17) is 5.84 Å². The van der Waals surface area contributed by atoms with Gasteiger partial charge < -0.3 is 5.43 Å². The van der Waals surface area contributed by atoms with Gasteiger partial charge in [0.25, 0.3) is 0 Å². The van der Waals surface area contributed by atoms with Crippen molar-refractivity contribution in [1.82, 2.24) is 9.97 Å². The molecule has 1 aromatic heterocycles. The van der Waals surface area contributed by atoms with Crippen LogP contribution in [0.4, 0.5) is 14.6 Å². The van der Waals surface area contributed by atoms with Gasteiger partial charge in [0.2, 0.25) is 0 Å². The second kappa shape index (κ2) is 5.80. The SMILES string of the molecule is CCc1nc(-c2ccc(F)c(F)c2Br)nc(NN)c1C. The Hall–Kier alpha value is -1.60. The lowest BCUT2D eigenvalue weighted by molar-refractivity contribution is 0.504. The van der Waals surface area contributed by atoms with E-state index < -0.39 is 11.6 Å². The summed E-state index contributed by atoms with van der Waals surface area (Å²) < 4.78 is 26.7. The van der Waals surface area contributed by atoms with Crippen LogP contribution in [0.3, 0.4) is 0 Å². The zero-order valence-corrected chi connectivity index (χ0v) is 12.6. The average Bonchev–Trinajstić information content (AvgIpc) is 2.45. The molecular weight excluding hydrogens is 330 g/mol. The highest BCUT2D eigenvalue weighted by atomic mass is 79.9. The molecule has 0 unspecified atom stereocenters. The molecule has 20 heavy (non-hydrogen) atoms. The molecule has 0 saturated carbocycles. The number of nitrogens with two attached hydrogens (primary N) is 1. The van der Waals surface area contributed by atoms with Gasteiger partial charge in [0.05, 0.1) is 4.47 Å². The zero-order chi connectivity index (χ0) is 14.9. The monoisotopic (exact) mass is 342 g/mol. The summed E-state index contributed by atoms with van der Waals surface area (Å²) in [7, 11) is 0. The molecule has 0 fully saturated rings. The van der Waals surface area contributed by atoms with Crippen LogP contribution in [-0.4, -0.2) is 9.97 Å². The number of nitrogens with zero attached hydrogens (tertiary/aromatic N) is 2. The summed E-state index contributed by atoms with van der Waals surface area (Å²) in [5.41, 5.74) is 4.48. The number of halogens is 3. The molecule has 7 heteroatoms. The number of nitrogen functional groups attached to an aromatic ring is 1. The fourth-order valence-electron chi connectivity index (χ4n) is 1.87. The van der Waals surface area contributed by atoms with Gasteiger partial charge >= 0.3 is 0 Å². The molecule has 0 amide bonds. The second-order valence-electron chi connectivity index (χ2n) is 4.19. The summed E-state index contributed by atoms with van der Waals surface area (Å²) in [6.07, 6.45) is 0.678. The van der Waals surface area contributed by atoms with Gasteiger partial charge in [-0.25, -0.2) is 24.6 Å². The van der Waals surface area contributed by atoms with Crippen molar-refractivity contribution in [3.63, 3.8) is 0 Å². The largest absolute Gasteiger partial charge is 0.308 e. The van der Waals surface area contributed by atoms with E-state index in [1.54, 1.807) is 0 Å². The van der Waals surface area contributed by atoms with Crippen LogP contribution in [0, 0.1) is 18.6 Å². The van der Waals surface area contributed by atoms with Gasteiger partial charge in [-0.2, -0.15) is 0 Å². The summed E-state index contributed by atoms with van der Waals surface area (Å²) in [6.45, 7) is 3.79. The molecule has 2 aromatic rings. The number of benzene rings is 1. The Balaban J connectivity index is 2.67. The third kappa shape index (κ3) is 2.51. The Morgan fingerprint density at radius 3 is 2.60 bits per heavy atom. The summed E-state index contributed by atoms with van der Waals surface area (Å²) in [5.74, 6) is 4.28. The fourth-order valence-corrected chi connectivity index (χ4v) is 2.37. The number of aromatic nitrogens is 2. The molecule has 0 saturated heterocycles. The lowest BCUT2D eigenvalue weighted by Crippen LogP contribution is -2.13. The summed E-state index contributed by atoms with van der Waals surface area (Å²) in [6, 6.07) is 2.46. The highest BCUT2D eigenvalue weighted by molar-refractivity contribution is 9.10. The van der Waals surface area contributed by atoms with Crippen LogP contribution in [0.15, 0.2) is 16.6 Å². The van der Waals surface area contributed by atoms with Crippen molar-refractivity contribution in [2.45, 2.75) is 20.3 Å². The molecule has 4 nitrogen and oxygen atoms in total. The van der Waals surface area contributed by atoms with Crippen molar-refractivity contribution >= 4 is 21.7 Å². The van der Waals surface area contributed by atoms with Crippen LogP contribution in [0.2, 0.25) is 0 Å². The van der Waals surface area contributed by atoms with E-state index in [0.717, 1.165) is 17.3 Å². The van der Waals surface area contributed by atoms with Crippen molar-refractivity contribution in [3.8, 4) is 11.4 Å². The van der Waals surface area contributed by atoms with E-state index in [-0.39, 0.29) is 10.3 Å². The first-order chi connectivity index (χ1) is 9.49. The molecule has 1 aromatic carbocycles. The van der Waals surface area contributed by atoms with E-state index in [9.17, 15) is 8.78 Å². The summed E-state index contributed by atoms with van der Waals surface area (Å²) in [4.78, 5) is 8.61. The quantitative estimate of drug-likeness (QED) is 0.510. The van der Waals surface area contributed by atoms with E-state index in [1.807, 2.05) is 13.8 Å². The topological polar surface area (TPSA) is 63.8 Å². The number of hydrazine groups is 1. The Kier molecular flexibility index (Phi) is 4.29. The summed E-state index contributed by atoms with van der Waals surface area (Å²) >= 11 is 3.03. The molecule has 0 aliphatic carbocycles. The van der Waals surface area contributed by atoms with Gasteiger partial charge in [-0.1, -0.05) is 6.92 Å². The maximum Gasteiger partial charge on any atom is 0.173 e. The highest BCUT2D eigenvalue weighted by Crippen LogP contribution is 2.31. The predicted octanol–water partition coefficient (Wildman–Crippen LogP) is 3.34. The first-order valence-electron chi connectivity index (χ1n) is 5.97. The molecule has 0 atom stereocenters. The van der Waals surface area contributed by atoms with Crippen molar-refractivity contribution in [2.75, 3.05) is 5.43 Å². The van der Waals surface area contributed by atoms with Gasteiger partial charge in [0, 0.05) is 16.8 Å². The first-order valence-corrected chi connectivity index (χ1v) is 6.76. The van der Waals surface area contributed by atoms with Gasteiger partial charge in [-0.3, -0.25) is 0 Å². The molecule has 0 bridgehead atoms. The van der Waals surface area contributed by atoms with Crippen LogP contribution >= 0.6 is 15.9 Å². The predicted molar refractivity (Wildman–Crippen MR) is 77.0 cm³/mol. The Labute approximate surface area is 123 Å². The minimum absolute atomic E-state index is 0.00798. The minimum Gasteiger partial charge on any atom is -0.308 e. The average molecular weight is 343 g/mol. The third-order valence-corrected chi connectivity index (χ3v) is 3.77. The molecule has 0 aliphatic rings. The number of hydrogen-bond acceptors (Lipinski definition) is 4. The zero-order valence-electron chi connectivity index (χ0n) is 11.0. The summed E-state index contributed by atoms with van der Waals surface area (Å²) in [5, 5.41) is 0. The standard InChI is InChI=1S/C13H13BrF2N4/c1-3-9-6(2)12(20-17)19-13(18-9)7-4-5-8(15)11(16)10(7)14/h4-5H,3,17H2,1-2H3,(H,18,19,20). The molecule has 0 spiro atoms. The van der Waals surface area contributed by atoms with Crippen molar-refractivity contribution in [3.05, 3.63) is 39.5 Å². The normalized spacial score (nSPS) is 10.7. The fraction of sp³-hybridized carbons (Fsp3) is 0.231. The number of anilines is 1. The molecule has 3 N–H and O–H groups in total. The molecular formula is C13H13BrF2N4. The van der Waals surface area contributed by atoms with Crippen LogP contribution in [0.1, 0.15) is 18.2 Å². The minimum atomic E-state index is -0.966. The van der Waals surface area contributed by atoms with Crippen molar-refractivity contribution in [1.29, 1.82) is 0 Å². The van der Waals surface area contributed by atoms with Crippen molar-refractivity contribution in [2.24, 2.45) is 5.84 Å². The molecule has 0 aliphatic heterocycles.